The Labute approximate surface area is 126 Å². The number of imidazole rings is 1. The molecule has 1 aliphatic carbocycles. The van der Waals surface area contributed by atoms with E-state index in [-0.39, 0.29) is 0 Å². The van der Waals surface area contributed by atoms with Crippen LogP contribution >= 0.6 is 15.9 Å². The summed E-state index contributed by atoms with van der Waals surface area (Å²) in [5.74, 6) is 0.797. The van der Waals surface area contributed by atoms with E-state index in [4.69, 9.17) is 4.74 Å². The van der Waals surface area contributed by atoms with E-state index in [1.807, 2.05) is 24.5 Å². The Morgan fingerprint density at radius 2 is 2.30 bits per heavy atom. The third-order valence-electron chi connectivity index (χ3n) is 3.62. The van der Waals surface area contributed by atoms with Crippen LogP contribution in [-0.4, -0.2) is 21.8 Å². The van der Waals surface area contributed by atoms with Gasteiger partial charge in [-0.1, -0.05) is 6.07 Å². The number of hydrogen-bond acceptors (Lipinski definition) is 3. The molecule has 1 aliphatic rings. The first-order valence-electron chi connectivity index (χ1n) is 6.71. The van der Waals surface area contributed by atoms with E-state index in [0.29, 0.717) is 12.5 Å². The van der Waals surface area contributed by atoms with Crippen LogP contribution in [0.2, 0.25) is 0 Å². The highest BCUT2D eigenvalue weighted by atomic mass is 79.9. The second-order valence-electron chi connectivity index (χ2n) is 5.15. The topological polar surface area (TPSA) is 47.3 Å². The highest BCUT2D eigenvalue weighted by Gasteiger charge is 2.27. The molecule has 1 heterocycles. The summed E-state index contributed by atoms with van der Waals surface area (Å²) in [5, 5.41) is 10.4. The molecule has 1 aromatic carbocycles. The molecular formula is C15H17BrN2O2. The van der Waals surface area contributed by atoms with Crippen molar-refractivity contribution in [1.29, 1.82) is 0 Å². The molecule has 1 aromatic heterocycles. The fourth-order valence-electron chi connectivity index (χ4n) is 2.40. The van der Waals surface area contributed by atoms with E-state index in [1.165, 1.54) is 12.8 Å². The maximum atomic E-state index is 10.4. The largest absolute Gasteiger partial charge is 0.496 e. The van der Waals surface area contributed by atoms with Gasteiger partial charge in [0.2, 0.25) is 0 Å². The molecule has 0 bridgehead atoms. The molecule has 106 valence electrons. The predicted molar refractivity (Wildman–Crippen MR) is 79.9 cm³/mol. The summed E-state index contributed by atoms with van der Waals surface area (Å²) in [4.78, 5) is 4.16. The molecule has 0 spiro atoms. The first-order chi connectivity index (χ1) is 9.69. The summed E-state index contributed by atoms with van der Waals surface area (Å²) < 4.78 is 8.22. The monoisotopic (exact) mass is 336 g/mol. The predicted octanol–water partition coefficient (Wildman–Crippen LogP) is 3.27. The maximum Gasteiger partial charge on any atom is 0.133 e. The van der Waals surface area contributed by atoms with Crippen molar-refractivity contribution in [1.82, 2.24) is 9.55 Å². The number of rotatable bonds is 5. The van der Waals surface area contributed by atoms with Gasteiger partial charge >= 0.3 is 0 Å². The Morgan fingerprint density at radius 1 is 1.50 bits per heavy atom. The number of aromatic nitrogens is 2. The Kier molecular flexibility index (Phi) is 3.81. The second-order valence-corrected chi connectivity index (χ2v) is 6.00. The fraction of sp³-hybridized carbons (Fsp3) is 0.400. The van der Waals surface area contributed by atoms with Crippen LogP contribution in [0.3, 0.4) is 0 Å². The number of aliphatic hydroxyl groups excluding tert-OH is 1. The third-order valence-corrected chi connectivity index (χ3v) is 4.24. The Morgan fingerprint density at radius 3 is 2.95 bits per heavy atom. The van der Waals surface area contributed by atoms with Crippen molar-refractivity contribution in [2.45, 2.75) is 31.4 Å². The summed E-state index contributed by atoms with van der Waals surface area (Å²) in [6.07, 6.45) is 6.00. The minimum atomic E-state index is -0.529. The Bertz CT molecular complexity index is 608. The van der Waals surface area contributed by atoms with Crippen LogP contribution in [0.4, 0.5) is 0 Å². The molecule has 0 radical (unpaired) electrons. The van der Waals surface area contributed by atoms with Gasteiger partial charge in [0.15, 0.2) is 0 Å². The van der Waals surface area contributed by atoms with Gasteiger partial charge in [0.1, 0.15) is 5.75 Å². The van der Waals surface area contributed by atoms with E-state index in [0.717, 1.165) is 21.5 Å². The van der Waals surface area contributed by atoms with E-state index in [9.17, 15) is 5.11 Å². The van der Waals surface area contributed by atoms with E-state index in [1.54, 1.807) is 13.3 Å². The average Bonchev–Trinajstić information content (AvgIpc) is 3.16. The van der Waals surface area contributed by atoms with Gasteiger partial charge in [-0.05, 0) is 46.5 Å². The third kappa shape index (κ3) is 2.74. The van der Waals surface area contributed by atoms with Crippen molar-refractivity contribution >= 4 is 15.9 Å². The molecule has 1 unspecified atom stereocenters. The SMILES string of the molecule is COc1ccc(CC(O)c2cncn2C2CC2)cc1Br. The summed E-state index contributed by atoms with van der Waals surface area (Å²) in [7, 11) is 1.64. The smallest absolute Gasteiger partial charge is 0.133 e. The molecule has 0 saturated heterocycles. The molecule has 1 saturated carbocycles. The second kappa shape index (κ2) is 5.58. The molecule has 1 fully saturated rings. The van der Waals surface area contributed by atoms with Gasteiger partial charge in [0.05, 0.1) is 35.9 Å². The normalized spacial score (nSPS) is 16.1. The van der Waals surface area contributed by atoms with Crippen LogP contribution in [0.5, 0.6) is 5.75 Å². The van der Waals surface area contributed by atoms with Gasteiger partial charge < -0.3 is 14.4 Å². The Balaban J connectivity index is 1.76. The van der Waals surface area contributed by atoms with Crippen LogP contribution < -0.4 is 4.74 Å². The van der Waals surface area contributed by atoms with E-state index >= 15 is 0 Å². The fourth-order valence-corrected chi connectivity index (χ4v) is 2.98. The van der Waals surface area contributed by atoms with Crippen LogP contribution in [-0.2, 0) is 6.42 Å². The molecule has 5 heteroatoms. The van der Waals surface area contributed by atoms with Gasteiger partial charge in [-0.2, -0.15) is 0 Å². The van der Waals surface area contributed by atoms with Crippen molar-refractivity contribution in [3.63, 3.8) is 0 Å². The summed E-state index contributed by atoms with van der Waals surface area (Å²) in [6, 6.07) is 6.40. The molecular weight excluding hydrogens is 320 g/mol. The number of ether oxygens (including phenoxy) is 1. The van der Waals surface area contributed by atoms with Gasteiger partial charge in [0, 0.05) is 12.5 Å². The van der Waals surface area contributed by atoms with E-state index in [2.05, 4.69) is 25.5 Å². The molecule has 0 aliphatic heterocycles. The Hall–Kier alpha value is -1.33. The summed E-state index contributed by atoms with van der Waals surface area (Å²) in [5.41, 5.74) is 1.97. The number of hydrogen-bond donors (Lipinski definition) is 1. The maximum absolute atomic E-state index is 10.4. The van der Waals surface area contributed by atoms with Crippen molar-refractivity contribution in [3.05, 3.63) is 46.5 Å². The van der Waals surface area contributed by atoms with Crippen LogP contribution in [0.1, 0.15) is 36.2 Å². The number of aliphatic hydroxyl groups is 1. The summed E-state index contributed by atoms with van der Waals surface area (Å²) >= 11 is 3.47. The summed E-state index contributed by atoms with van der Waals surface area (Å²) in [6.45, 7) is 0. The molecule has 2 aromatic rings. The number of halogens is 1. The average molecular weight is 337 g/mol. The number of nitrogens with zero attached hydrogens (tertiary/aromatic N) is 2. The van der Waals surface area contributed by atoms with Gasteiger partial charge in [-0.15, -0.1) is 0 Å². The van der Waals surface area contributed by atoms with Gasteiger partial charge in [-0.3, -0.25) is 0 Å². The van der Waals surface area contributed by atoms with Gasteiger partial charge in [-0.25, -0.2) is 4.98 Å². The molecule has 1 N–H and O–H groups in total. The van der Waals surface area contributed by atoms with Crippen molar-refractivity contribution in [2.24, 2.45) is 0 Å². The van der Waals surface area contributed by atoms with Crippen LogP contribution in [0, 0.1) is 0 Å². The van der Waals surface area contributed by atoms with Crippen molar-refractivity contribution in [2.75, 3.05) is 7.11 Å². The lowest BCUT2D eigenvalue weighted by Crippen LogP contribution is -2.08. The minimum Gasteiger partial charge on any atom is -0.496 e. The van der Waals surface area contributed by atoms with Crippen LogP contribution in [0.15, 0.2) is 35.2 Å². The molecule has 20 heavy (non-hydrogen) atoms. The molecule has 1 atom stereocenters. The van der Waals surface area contributed by atoms with E-state index < -0.39 is 6.10 Å². The van der Waals surface area contributed by atoms with Gasteiger partial charge in [0.25, 0.3) is 0 Å². The zero-order valence-corrected chi connectivity index (χ0v) is 12.9. The van der Waals surface area contributed by atoms with Crippen molar-refractivity contribution < 1.29 is 9.84 Å². The highest BCUT2D eigenvalue weighted by molar-refractivity contribution is 9.10. The molecule has 0 amide bonds. The first-order valence-corrected chi connectivity index (χ1v) is 7.50. The lowest BCUT2D eigenvalue weighted by atomic mass is 10.1. The standard InChI is InChI=1S/C15H17BrN2O2/c1-20-15-5-2-10(6-12(15)16)7-14(19)13-8-17-9-18(13)11-3-4-11/h2,5-6,8-9,11,14,19H,3-4,7H2,1H3. The highest BCUT2D eigenvalue weighted by Crippen LogP contribution is 2.37. The zero-order valence-electron chi connectivity index (χ0n) is 11.3. The molecule has 3 rings (SSSR count). The lowest BCUT2D eigenvalue weighted by Gasteiger charge is -2.14. The number of benzene rings is 1. The molecule has 4 nitrogen and oxygen atoms in total. The minimum absolute atomic E-state index is 0.529. The number of methoxy groups -OCH3 is 1. The first kappa shape index (κ1) is 13.6. The van der Waals surface area contributed by atoms with Crippen molar-refractivity contribution in [3.8, 4) is 5.75 Å². The quantitative estimate of drug-likeness (QED) is 0.911. The zero-order chi connectivity index (χ0) is 14.1. The lowest BCUT2D eigenvalue weighted by molar-refractivity contribution is 0.168. The van der Waals surface area contributed by atoms with Crippen LogP contribution in [0.25, 0.3) is 0 Å².